The molecule has 0 bridgehead atoms. The standard InChI is InChI=1S/C17H18N2O4/c1-12(20)11-18-6-8-19(9-7-18)16(21)14-10-13-4-2-3-5-15(13)23-17(14)22/h2-5,10H,6-9,11H2,1H3. The van der Waals surface area contributed by atoms with E-state index in [-0.39, 0.29) is 17.3 Å². The van der Waals surface area contributed by atoms with E-state index in [1.54, 1.807) is 36.1 Å². The number of fused-ring (bicyclic) bond motifs is 1. The topological polar surface area (TPSA) is 70.8 Å². The molecule has 0 aliphatic carbocycles. The Morgan fingerprint density at radius 2 is 1.83 bits per heavy atom. The Bertz CT molecular complexity index is 804. The molecule has 1 aromatic carbocycles. The number of benzene rings is 1. The van der Waals surface area contributed by atoms with Crippen molar-refractivity contribution in [2.24, 2.45) is 0 Å². The monoisotopic (exact) mass is 314 g/mol. The van der Waals surface area contributed by atoms with Crippen LogP contribution in [0.25, 0.3) is 11.0 Å². The molecule has 6 heteroatoms. The molecule has 2 heterocycles. The molecule has 0 saturated carbocycles. The molecule has 1 saturated heterocycles. The average molecular weight is 314 g/mol. The second-order valence-electron chi connectivity index (χ2n) is 5.76. The summed E-state index contributed by atoms with van der Waals surface area (Å²) >= 11 is 0. The van der Waals surface area contributed by atoms with Gasteiger partial charge in [-0.1, -0.05) is 18.2 Å². The highest BCUT2D eigenvalue weighted by molar-refractivity contribution is 5.96. The van der Waals surface area contributed by atoms with Crippen molar-refractivity contribution < 1.29 is 14.0 Å². The number of para-hydroxylation sites is 1. The largest absolute Gasteiger partial charge is 0.422 e. The summed E-state index contributed by atoms with van der Waals surface area (Å²) < 4.78 is 5.22. The first-order valence-electron chi connectivity index (χ1n) is 7.58. The van der Waals surface area contributed by atoms with Gasteiger partial charge in [-0.25, -0.2) is 4.79 Å². The van der Waals surface area contributed by atoms with Gasteiger partial charge in [0.1, 0.15) is 16.9 Å². The Kier molecular flexibility index (Phi) is 4.25. The first-order chi connectivity index (χ1) is 11.0. The maximum Gasteiger partial charge on any atom is 0.349 e. The SMILES string of the molecule is CC(=O)CN1CCN(C(=O)c2cc3ccccc3oc2=O)CC1. The lowest BCUT2D eigenvalue weighted by atomic mass is 10.1. The Morgan fingerprint density at radius 1 is 1.13 bits per heavy atom. The molecule has 120 valence electrons. The van der Waals surface area contributed by atoms with E-state index >= 15 is 0 Å². The second kappa shape index (κ2) is 6.34. The van der Waals surface area contributed by atoms with Crippen molar-refractivity contribution >= 4 is 22.7 Å². The summed E-state index contributed by atoms with van der Waals surface area (Å²) in [5, 5.41) is 0.727. The third-order valence-electron chi connectivity index (χ3n) is 3.98. The first-order valence-corrected chi connectivity index (χ1v) is 7.58. The van der Waals surface area contributed by atoms with Gasteiger partial charge in [-0.05, 0) is 19.1 Å². The molecular weight excluding hydrogens is 296 g/mol. The smallest absolute Gasteiger partial charge is 0.349 e. The van der Waals surface area contributed by atoms with Gasteiger partial charge in [0.2, 0.25) is 0 Å². The molecule has 0 unspecified atom stereocenters. The van der Waals surface area contributed by atoms with Crippen LogP contribution in [0.15, 0.2) is 39.5 Å². The fourth-order valence-electron chi connectivity index (χ4n) is 2.81. The van der Waals surface area contributed by atoms with Gasteiger partial charge in [0, 0.05) is 31.6 Å². The van der Waals surface area contributed by atoms with Crippen molar-refractivity contribution in [2.45, 2.75) is 6.92 Å². The number of rotatable bonds is 3. The first kappa shape index (κ1) is 15.4. The fraction of sp³-hybridized carbons (Fsp3) is 0.353. The molecule has 2 aromatic rings. The van der Waals surface area contributed by atoms with Crippen molar-refractivity contribution in [3.8, 4) is 0 Å². The van der Waals surface area contributed by atoms with Crippen molar-refractivity contribution in [3.05, 3.63) is 46.3 Å². The number of hydrogen-bond donors (Lipinski definition) is 0. The highest BCUT2D eigenvalue weighted by atomic mass is 16.4. The van der Waals surface area contributed by atoms with E-state index in [0.717, 1.165) is 5.39 Å². The molecule has 1 aliphatic rings. The van der Waals surface area contributed by atoms with Gasteiger partial charge in [-0.2, -0.15) is 0 Å². The molecule has 3 rings (SSSR count). The van der Waals surface area contributed by atoms with Gasteiger partial charge in [0.25, 0.3) is 5.91 Å². The summed E-state index contributed by atoms with van der Waals surface area (Å²) in [5.41, 5.74) is -0.0797. The maximum atomic E-state index is 12.6. The van der Waals surface area contributed by atoms with Crippen LogP contribution in [0.3, 0.4) is 0 Å². The van der Waals surface area contributed by atoms with E-state index in [1.165, 1.54) is 0 Å². The summed E-state index contributed by atoms with van der Waals surface area (Å²) in [6.45, 7) is 4.21. The number of nitrogens with zero attached hydrogens (tertiary/aromatic N) is 2. The molecule has 1 amide bonds. The summed E-state index contributed by atoms with van der Waals surface area (Å²) in [4.78, 5) is 39.4. The Hall–Kier alpha value is -2.47. The van der Waals surface area contributed by atoms with Gasteiger partial charge >= 0.3 is 5.63 Å². The molecule has 1 aliphatic heterocycles. The van der Waals surface area contributed by atoms with E-state index < -0.39 is 5.63 Å². The van der Waals surface area contributed by atoms with Gasteiger partial charge in [0.05, 0.1) is 6.54 Å². The summed E-state index contributed by atoms with van der Waals surface area (Å²) in [7, 11) is 0. The minimum absolute atomic E-state index is 0.0590. The second-order valence-corrected chi connectivity index (χ2v) is 5.76. The highest BCUT2D eigenvalue weighted by Gasteiger charge is 2.25. The highest BCUT2D eigenvalue weighted by Crippen LogP contribution is 2.14. The van der Waals surface area contributed by atoms with E-state index in [4.69, 9.17) is 4.42 Å². The molecule has 1 fully saturated rings. The molecule has 23 heavy (non-hydrogen) atoms. The molecule has 1 aromatic heterocycles. The lowest BCUT2D eigenvalue weighted by Gasteiger charge is -2.34. The molecule has 0 atom stereocenters. The number of piperazine rings is 1. The van der Waals surface area contributed by atoms with Crippen molar-refractivity contribution in [1.29, 1.82) is 0 Å². The van der Waals surface area contributed by atoms with Crippen LogP contribution in [-0.2, 0) is 4.79 Å². The lowest BCUT2D eigenvalue weighted by Crippen LogP contribution is -2.50. The van der Waals surface area contributed by atoms with E-state index in [9.17, 15) is 14.4 Å². The zero-order chi connectivity index (χ0) is 16.4. The summed E-state index contributed by atoms with van der Waals surface area (Å²) in [6.07, 6.45) is 0. The van der Waals surface area contributed by atoms with Crippen LogP contribution in [0, 0.1) is 0 Å². The van der Waals surface area contributed by atoms with Crippen LogP contribution in [-0.4, -0.2) is 54.2 Å². The van der Waals surface area contributed by atoms with Gasteiger partial charge in [0.15, 0.2) is 0 Å². The minimum atomic E-state index is -0.611. The van der Waals surface area contributed by atoms with Gasteiger partial charge in [-0.15, -0.1) is 0 Å². The fourth-order valence-corrected chi connectivity index (χ4v) is 2.81. The van der Waals surface area contributed by atoms with Crippen LogP contribution in [0.4, 0.5) is 0 Å². The predicted molar refractivity (Wildman–Crippen MR) is 85.5 cm³/mol. The number of Topliss-reactive ketones (excluding diaryl/α,β-unsaturated/α-hetero) is 1. The average Bonchev–Trinajstić information content (AvgIpc) is 2.54. The number of ketones is 1. The van der Waals surface area contributed by atoms with Crippen LogP contribution < -0.4 is 5.63 Å². The Morgan fingerprint density at radius 3 is 2.52 bits per heavy atom. The minimum Gasteiger partial charge on any atom is -0.422 e. The molecule has 6 nitrogen and oxygen atoms in total. The maximum absolute atomic E-state index is 12.6. The molecule has 0 N–H and O–H groups in total. The van der Waals surface area contributed by atoms with Crippen molar-refractivity contribution in [3.63, 3.8) is 0 Å². The number of hydrogen-bond acceptors (Lipinski definition) is 5. The predicted octanol–water partition coefficient (Wildman–Crippen LogP) is 1.14. The molecule has 0 radical (unpaired) electrons. The van der Waals surface area contributed by atoms with Crippen LogP contribution >= 0.6 is 0 Å². The quantitative estimate of drug-likeness (QED) is 0.795. The zero-order valence-electron chi connectivity index (χ0n) is 12.9. The molecule has 0 spiro atoms. The number of carbonyl (C=O) groups is 2. The third kappa shape index (κ3) is 3.32. The van der Waals surface area contributed by atoms with Crippen molar-refractivity contribution in [2.75, 3.05) is 32.7 Å². The lowest BCUT2D eigenvalue weighted by molar-refractivity contribution is -0.118. The van der Waals surface area contributed by atoms with E-state index in [2.05, 4.69) is 0 Å². The van der Waals surface area contributed by atoms with Crippen molar-refractivity contribution in [1.82, 2.24) is 9.80 Å². The Labute approximate surface area is 133 Å². The van der Waals surface area contributed by atoms with Gasteiger partial charge < -0.3 is 9.32 Å². The van der Waals surface area contributed by atoms with Crippen LogP contribution in [0.2, 0.25) is 0 Å². The normalized spacial score (nSPS) is 15.8. The third-order valence-corrected chi connectivity index (χ3v) is 3.98. The Balaban J connectivity index is 1.78. The van der Waals surface area contributed by atoms with E-state index in [1.807, 2.05) is 11.0 Å². The zero-order valence-corrected chi connectivity index (χ0v) is 12.9. The van der Waals surface area contributed by atoms with Crippen LogP contribution in [0.1, 0.15) is 17.3 Å². The molecular formula is C17H18N2O4. The number of amides is 1. The van der Waals surface area contributed by atoms with Crippen LogP contribution in [0.5, 0.6) is 0 Å². The summed E-state index contributed by atoms with van der Waals surface area (Å²) in [6, 6.07) is 8.70. The van der Waals surface area contributed by atoms with E-state index in [0.29, 0.717) is 38.3 Å². The summed E-state index contributed by atoms with van der Waals surface area (Å²) in [5.74, 6) is -0.202. The number of carbonyl (C=O) groups excluding carboxylic acids is 2. The van der Waals surface area contributed by atoms with Gasteiger partial charge in [-0.3, -0.25) is 14.5 Å².